The maximum Gasteiger partial charge on any atom is 0.434 e. The van der Waals surface area contributed by atoms with Crippen molar-refractivity contribution in [1.29, 1.82) is 0 Å². The fourth-order valence-corrected chi connectivity index (χ4v) is 3.66. The summed E-state index contributed by atoms with van der Waals surface area (Å²) < 4.78 is 69.5. The van der Waals surface area contributed by atoms with Gasteiger partial charge in [-0.3, -0.25) is 9.78 Å². The molecule has 1 saturated heterocycles. The summed E-state index contributed by atoms with van der Waals surface area (Å²) in [5.74, 6) is -1.03. The van der Waals surface area contributed by atoms with E-state index in [1.807, 2.05) is 0 Å². The normalized spacial score (nSPS) is 18.4. The molecule has 1 aliphatic heterocycles. The van der Waals surface area contributed by atoms with Crippen LogP contribution in [0.2, 0.25) is 0 Å². The Morgan fingerprint density at radius 3 is 2.71 bits per heavy atom. The summed E-state index contributed by atoms with van der Waals surface area (Å²) in [5, 5.41) is 7.11. The highest BCUT2D eigenvalue weighted by atomic mass is 32.2. The minimum absolute atomic E-state index is 0.00453. The number of ether oxygens (including phenoxy) is 1. The van der Waals surface area contributed by atoms with Crippen molar-refractivity contribution in [2.45, 2.75) is 30.7 Å². The van der Waals surface area contributed by atoms with Gasteiger partial charge in [-0.15, -0.1) is 0 Å². The Balaban J connectivity index is 2.15. The van der Waals surface area contributed by atoms with E-state index >= 15 is 0 Å². The van der Waals surface area contributed by atoms with Gasteiger partial charge in [-0.2, -0.15) is 13.2 Å². The number of alkyl halides is 3. The zero-order valence-corrected chi connectivity index (χ0v) is 17.2. The third kappa shape index (κ3) is 5.36. The van der Waals surface area contributed by atoms with Crippen LogP contribution in [0.4, 0.5) is 18.9 Å². The SMILES string of the molecule is C[C@@H]1CN(N(C(=O)c2cccnc2C(F)(F)F)c2ccnc(S(N)(=O)=O)c2)CCCO1. The van der Waals surface area contributed by atoms with Gasteiger partial charge in [0.15, 0.2) is 10.7 Å². The number of anilines is 1. The molecule has 0 radical (unpaired) electrons. The summed E-state index contributed by atoms with van der Waals surface area (Å²) >= 11 is 0. The lowest BCUT2D eigenvalue weighted by molar-refractivity contribution is -0.141. The summed E-state index contributed by atoms with van der Waals surface area (Å²) in [6, 6.07) is 4.59. The number of nitrogens with zero attached hydrogens (tertiary/aromatic N) is 4. The zero-order valence-electron chi connectivity index (χ0n) is 16.4. The molecule has 0 aliphatic carbocycles. The first-order chi connectivity index (χ1) is 14.5. The number of carbonyl (C=O) groups excluding carboxylic acids is 1. The van der Waals surface area contributed by atoms with Crippen LogP contribution < -0.4 is 10.1 Å². The van der Waals surface area contributed by atoms with Crippen LogP contribution in [0.3, 0.4) is 0 Å². The van der Waals surface area contributed by atoms with Gasteiger partial charge in [0.05, 0.1) is 17.4 Å². The van der Waals surface area contributed by atoms with Crippen molar-refractivity contribution in [1.82, 2.24) is 15.0 Å². The van der Waals surface area contributed by atoms with Crippen molar-refractivity contribution in [3.05, 3.63) is 47.9 Å². The van der Waals surface area contributed by atoms with Crippen molar-refractivity contribution in [2.75, 3.05) is 24.7 Å². The Bertz CT molecular complexity index is 1060. The quantitative estimate of drug-likeness (QED) is 0.741. The van der Waals surface area contributed by atoms with E-state index in [2.05, 4.69) is 9.97 Å². The molecule has 2 aromatic rings. The van der Waals surface area contributed by atoms with Crippen molar-refractivity contribution in [3.8, 4) is 0 Å². The summed E-state index contributed by atoms with van der Waals surface area (Å²) in [7, 11) is -4.21. The molecular weight excluding hydrogens is 439 g/mol. The number of hydrogen-bond donors (Lipinski definition) is 1. The molecule has 31 heavy (non-hydrogen) atoms. The largest absolute Gasteiger partial charge is 0.434 e. The van der Waals surface area contributed by atoms with E-state index in [-0.39, 0.29) is 24.9 Å². The van der Waals surface area contributed by atoms with Crippen molar-refractivity contribution >= 4 is 21.6 Å². The molecule has 3 rings (SSSR count). The monoisotopic (exact) mass is 459 g/mol. The maximum absolute atomic E-state index is 13.5. The highest BCUT2D eigenvalue weighted by Gasteiger charge is 2.39. The molecule has 0 spiro atoms. The molecule has 2 N–H and O–H groups in total. The van der Waals surface area contributed by atoms with Gasteiger partial charge in [-0.25, -0.2) is 28.6 Å². The number of carbonyl (C=O) groups is 1. The first kappa shape index (κ1) is 23.1. The fourth-order valence-electron chi connectivity index (χ4n) is 3.17. The molecular formula is C18H20F3N5O4S. The van der Waals surface area contributed by atoms with Gasteiger partial charge in [0.2, 0.25) is 0 Å². The molecule has 0 unspecified atom stereocenters. The van der Waals surface area contributed by atoms with Gasteiger partial charge >= 0.3 is 6.18 Å². The standard InChI is InChI=1S/C18H20F3N5O4S/c1-12-11-25(8-3-9-30-12)26(13-5-7-23-15(10-13)31(22,28)29)17(27)14-4-2-6-24-16(14)18(19,20)21/h2,4-7,10,12H,3,8-9,11H2,1H3,(H2,22,28,29)/t12-/m1/s1. The Morgan fingerprint density at radius 2 is 2.03 bits per heavy atom. The van der Waals surface area contributed by atoms with Gasteiger partial charge in [0, 0.05) is 38.2 Å². The molecule has 1 amide bonds. The van der Waals surface area contributed by atoms with Crippen LogP contribution >= 0.6 is 0 Å². The summed E-state index contributed by atoms with van der Waals surface area (Å²) in [5.41, 5.74) is -2.03. The lowest BCUT2D eigenvalue weighted by atomic mass is 10.1. The van der Waals surface area contributed by atoms with E-state index in [9.17, 15) is 26.4 Å². The molecule has 1 atom stereocenters. The number of halogens is 3. The number of pyridine rings is 2. The van der Waals surface area contributed by atoms with Gasteiger partial charge < -0.3 is 4.74 Å². The predicted molar refractivity (Wildman–Crippen MR) is 103 cm³/mol. The van der Waals surface area contributed by atoms with Gasteiger partial charge in [-0.1, -0.05) is 0 Å². The van der Waals surface area contributed by atoms with E-state index in [0.29, 0.717) is 13.0 Å². The van der Waals surface area contributed by atoms with E-state index in [1.54, 1.807) is 6.92 Å². The molecule has 1 fully saturated rings. The molecule has 2 aromatic heterocycles. The average Bonchev–Trinajstić information content (AvgIpc) is 2.91. The van der Waals surface area contributed by atoms with E-state index < -0.39 is 38.4 Å². The molecule has 9 nitrogen and oxygen atoms in total. The van der Waals surface area contributed by atoms with Crippen LogP contribution in [0.15, 0.2) is 41.7 Å². The van der Waals surface area contributed by atoms with Crippen LogP contribution in [0.25, 0.3) is 0 Å². The second kappa shape index (κ2) is 8.86. The Hall–Kier alpha value is -2.61. The molecule has 168 valence electrons. The van der Waals surface area contributed by atoms with E-state index in [4.69, 9.17) is 9.88 Å². The van der Waals surface area contributed by atoms with Crippen LogP contribution in [0, 0.1) is 0 Å². The van der Waals surface area contributed by atoms with E-state index in [0.717, 1.165) is 29.5 Å². The molecule has 13 heteroatoms. The van der Waals surface area contributed by atoms with E-state index in [1.165, 1.54) is 17.1 Å². The Kier molecular flexibility index (Phi) is 6.59. The smallest absolute Gasteiger partial charge is 0.377 e. The second-order valence-corrected chi connectivity index (χ2v) is 8.37. The second-order valence-electron chi connectivity index (χ2n) is 6.86. The highest BCUT2D eigenvalue weighted by Crippen LogP contribution is 2.32. The predicted octanol–water partition coefficient (Wildman–Crippen LogP) is 1.82. The van der Waals surface area contributed by atoms with Crippen LogP contribution in [-0.4, -0.2) is 55.1 Å². The Morgan fingerprint density at radius 1 is 1.29 bits per heavy atom. The summed E-state index contributed by atoms with van der Waals surface area (Å²) in [4.78, 5) is 20.4. The number of aromatic nitrogens is 2. The van der Waals surface area contributed by atoms with Crippen molar-refractivity contribution in [3.63, 3.8) is 0 Å². The minimum Gasteiger partial charge on any atom is -0.377 e. The first-order valence-corrected chi connectivity index (χ1v) is 10.7. The van der Waals surface area contributed by atoms with Crippen LogP contribution in [0.1, 0.15) is 29.4 Å². The van der Waals surface area contributed by atoms with Gasteiger partial charge in [0.25, 0.3) is 15.9 Å². The molecule has 0 saturated carbocycles. The molecule has 0 bridgehead atoms. The van der Waals surface area contributed by atoms with Crippen LogP contribution in [-0.2, 0) is 20.9 Å². The summed E-state index contributed by atoms with van der Waals surface area (Å²) in [6.07, 6.45) is -2.64. The number of hydrazine groups is 1. The first-order valence-electron chi connectivity index (χ1n) is 9.20. The molecule has 0 aromatic carbocycles. The van der Waals surface area contributed by atoms with Gasteiger partial charge in [-0.05, 0) is 31.5 Å². The highest BCUT2D eigenvalue weighted by molar-refractivity contribution is 7.89. The molecule has 3 heterocycles. The lowest BCUT2D eigenvalue weighted by Crippen LogP contribution is -2.49. The topological polar surface area (TPSA) is 119 Å². The van der Waals surface area contributed by atoms with Gasteiger partial charge in [0.1, 0.15) is 0 Å². The fraction of sp³-hybridized carbons (Fsp3) is 0.389. The molecule has 1 aliphatic rings. The summed E-state index contributed by atoms with van der Waals surface area (Å²) in [6.45, 7) is 2.62. The van der Waals surface area contributed by atoms with Crippen LogP contribution in [0.5, 0.6) is 0 Å². The number of nitrogens with two attached hydrogens (primary N) is 1. The Labute approximate surface area is 176 Å². The third-order valence-electron chi connectivity index (χ3n) is 4.47. The number of hydrogen-bond acceptors (Lipinski definition) is 7. The van der Waals surface area contributed by atoms with Crippen molar-refractivity contribution in [2.24, 2.45) is 5.14 Å². The number of amides is 1. The zero-order chi connectivity index (χ0) is 22.8. The minimum atomic E-state index is -4.86. The third-order valence-corrected chi connectivity index (χ3v) is 5.27. The maximum atomic E-state index is 13.5. The average molecular weight is 459 g/mol. The number of primary sulfonamides is 1. The lowest BCUT2D eigenvalue weighted by Gasteiger charge is -2.35. The number of rotatable bonds is 4. The number of sulfonamides is 1. The van der Waals surface area contributed by atoms with Crippen molar-refractivity contribution < 1.29 is 31.1 Å².